The third-order valence-electron chi connectivity index (χ3n) is 6.58. The summed E-state index contributed by atoms with van der Waals surface area (Å²) in [5.41, 5.74) is 4.40. The van der Waals surface area contributed by atoms with Gasteiger partial charge in [0.2, 0.25) is 0 Å². The van der Waals surface area contributed by atoms with Crippen molar-refractivity contribution in [3.05, 3.63) is 77.7 Å². The molecule has 0 radical (unpaired) electrons. The molecule has 2 atom stereocenters. The van der Waals surface area contributed by atoms with Gasteiger partial charge < -0.3 is 40.4 Å². The lowest BCUT2D eigenvalue weighted by Gasteiger charge is -2.35. The van der Waals surface area contributed by atoms with Gasteiger partial charge in [-0.05, 0) is 31.5 Å². The van der Waals surface area contributed by atoms with Crippen LogP contribution in [0.1, 0.15) is 29.8 Å². The second-order valence-electron chi connectivity index (χ2n) is 10.0. The molecule has 1 aliphatic heterocycles. The van der Waals surface area contributed by atoms with Gasteiger partial charge in [-0.15, -0.1) is 0 Å². The van der Waals surface area contributed by atoms with Crippen LogP contribution in [0.15, 0.2) is 66.6 Å². The largest absolute Gasteiger partial charge is 0.391 e. The minimum atomic E-state index is -3.89. The second-order valence-corrected chi connectivity index (χ2v) is 10.0. The van der Waals surface area contributed by atoms with Crippen molar-refractivity contribution in [2.24, 2.45) is 0 Å². The van der Waals surface area contributed by atoms with E-state index < -0.39 is 35.8 Å². The summed E-state index contributed by atoms with van der Waals surface area (Å²) in [4.78, 5) is 38.4. The maximum Gasteiger partial charge on any atom is 0.304 e. The van der Waals surface area contributed by atoms with Crippen LogP contribution in [0.5, 0.6) is 0 Å². The average molecular weight is 607 g/mol. The molecule has 1 heterocycles. The van der Waals surface area contributed by atoms with Crippen LogP contribution in [-0.4, -0.2) is 105 Å². The molecular formula is C29H39FN4O9. The number of aliphatic hydroxyl groups excluding tert-OH is 1. The van der Waals surface area contributed by atoms with E-state index in [0.29, 0.717) is 31.5 Å². The summed E-state index contributed by atoms with van der Waals surface area (Å²) in [7, 11) is 0. The molecule has 1 aliphatic rings. The predicted molar refractivity (Wildman–Crippen MR) is 155 cm³/mol. The normalized spacial score (nSPS) is 18.7. The van der Waals surface area contributed by atoms with Gasteiger partial charge in [0.25, 0.3) is 11.7 Å². The molecule has 0 aliphatic carbocycles. The summed E-state index contributed by atoms with van der Waals surface area (Å²) >= 11 is 0. The highest BCUT2D eigenvalue weighted by Crippen LogP contribution is 2.25. The van der Waals surface area contributed by atoms with Crippen LogP contribution in [-0.2, 0) is 20.7 Å². The van der Waals surface area contributed by atoms with Gasteiger partial charge in [0.15, 0.2) is 0 Å². The van der Waals surface area contributed by atoms with Gasteiger partial charge >= 0.3 is 11.7 Å². The smallest absolute Gasteiger partial charge is 0.304 e. The standard InChI is InChI=1S/C29H39FN4O9/c1-5-8-21(25(30)20(6-2)16-34-14-18(3)43-19(4)15-34)13-31-24-10-7-9-23(22(24)11-12-35)26(37)32-33-27(38)29(41,42)28(39,40)17-36/h5-10,12,18-19,31,36,39-42H,1-2,11,13-17H2,3-4H3,(H,32,37)(H,33,38)/b21-8-,25-20-. The van der Waals surface area contributed by atoms with Gasteiger partial charge in [-0.25, -0.2) is 4.39 Å². The number of rotatable bonds is 14. The molecule has 1 saturated heterocycles. The van der Waals surface area contributed by atoms with Crippen molar-refractivity contribution < 1.29 is 49.0 Å². The number of hydrogen-bond donors (Lipinski definition) is 8. The predicted octanol–water partition coefficient (Wildman–Crippen LogP) is -0.414. The van der Waals surface area contributed by atoms with Gasteiger partial charge in [-0.1, -0.05) is 37.5 Å². The van der Waals surface area contributed by atoms with Crippen molar-refractivity contribution in [3.8, 4) is 0 Å². The van der Waals surface area contributed by atoms with Crippen LogP contribution in [0.25, 0.3) is 0 Å². The number of anilines is 1. The van der Waals surface area contributed by atoms with E-state index in [2.05, 4.69) is 23.4 Å². The number of carbonyl (C=O) groups is 3. The number of nitrogens with zero attached hydrogens (tertiary/aromatic N) is 1. The van der Waals surface area contributed by atoms with E-state index in [0.717, 1.165) is 0 Å². The average Bonchev–Trinajstić information content (AvgIpc) is 2.96. The van der Waals surface area contributed by atoms with Crippen molar-refractivity contribution in [2.45, 2.75) is 44.1 Å². The van der Waals surface area contributed by atoms with E-state index in [9.17, 15) is 34.8 Å². The number of hydrogen-bond acceptors (Lipinski definition) is 11. The number of hydrazine groups is 1. The van der Waals surface area contributed by atoms with Crippen molar-refractivity contribution in [2.75, 3.05) is 38.1 Å². The Hall–Kier alpha value is -3.76. The van der Waals surface area contributed by atoms with E-state index in [4.69, 9.17) is 9.84 Å². The zero-order chi connectivity index (χ0) is 32.4. The van der Waals surface area contributed by atoms with Gasteiger partial charge in [0.05, 0.1) is 12.2 Å². The fraction of sp³-hybridized carbons (Fsp3) is 0.414. The van der Waals surface area contributed by atoms with E-state index >= 15 is 4.39 Å². The number of aldehydes is 1. The molecule has 14 heteroatoms. The molecule has 0 bridgehead atoms. The van der Waals surface area contributed by atoms with Gasteiger partial charge in [0.1, 0.15) is 18.7 Å². The van der Waals surface area contributed by atoms with Crippen molar-refractivity contribution in [3.63, 3.8) is 0 Å². The molecule has 236 valence electrons. The molecule has 1 aromatic carbocycles. The first kappa shape index (κ1) is 35.4. The fourth-order valence-corrected chi connectivity index (χ4v) is 4.46. The number of morpholine rings is 1. The lowest BCUT2D eigenvalue weighted by Crippen LogP contribution is -2.66. The van der Waals surface area contributed by atoms with Gasteiger partial charge in [-0.2, -0.15) is 0 Å². The molecule has 0 saturated carbocycles. The Bertz CT molecular complexity index is 1250. The number of nitrogens with one attached hydrogen (secondary N) is 3. The number of aliphatic hydroxyl groups is 5. The Morgan fingerprint density at radius 2 is 1.79 bits per heavy atom. The maximum atomic E-state index is 15.8. The molecule has 0 spiro atoms. The first-order valence-corrected chi connectivity index (χ1v) is 13.3. The first-order valence-electron chi connectivity index (χ1n) is 13.3. The van der Waals surface area contributed by atoms with Crippen LogP contribution in [0.4, 0.5) is 10.1 Å². The van der Waals surface area contributed by atoms with Crippen LogP contribution in [0.3, 0.4) is 0 Å². The highest BCUT2D eigenvalue weighted by Gasteiger charge is 2.53. The zero-order valence-electron chi connectivity index (χ0n) is 24.0. The molecule has 1 fully saturated rings. The fourth-order valence-electron chi connectivity index (χ4n) is 4.46. The summed E-state index contributed by atoms with van der Waals surface area (Å²) in [5.74, 6) is -10.9. The molecule has 2 unspecified atom stereocenters. The Balaban J connectivity index is 2.26. The second kappa shape index (κ2) is 15.6. The molecule has 2 rings (SSSR count). The molecule has 13 nitrogen and oxygen atoms in total. The van der Waals surface area contributed by atoms with Gasteiger partial charge in [0, 0.05) is 55.0 Å². The SMILES string of the molecule is C=C/C=C(CNc1cccc(C(=O)NNC(=O)C(O)(O)C(O)(O)CO)c1CC=O)\C(F)=C(/C=C)CN1CC(C)OC(C)C1. The minimum Gasteiger partial charge on any atom is -0.391 e. The number of benzene rings is 1. The molecule has 2 amide bonds. The Labute approximate surface area is 248 Å². The number of halogens is 1. The Morgan fingerprint density at radius 1 is 1.14 bits per heavy atom. The molecule has 43 heavy (non-hydrogen) atoms. The molecular weight excluding hydrogens is 567 g/mol. The molecule has 8 N–H and O–H groups in total. The quantitative estimate of drug-likeness (QED) is 0.0592. The van der Waals surface area contributed by atoms with E-state index in [1.54, 1.807) is 11.5 Å². The van der Waals surface area contributed by atoms with E-state index in [1.807, 2.05) is 19.3 Å². The van der Waals surface area contributed by atoms with Crippen LogP contribution in [0.2, 0.25) is 0 Å². The maximum absolute atomic E-state index is 15.8. The van der Waals surface area contributed by atoms with Crippen LogP contribution >= 0.6 is 0 Å². The first-order chi connectivity index (χ1) is 20.2. The highest BCUT2D eigenvalue weighted by molar-refractivity contribution is 5.99. The zero-order valence-corrected chi connectivity index (χ0v) is 24.0. The van der Waals surface area contributed by atoms with E-state index in [1.165, 1.54) is 30.4 Å². The third-order valence-corrected chi connectivity index (χ3v) is 6.58. The van der Waals surface area contributed by atoms with Gasteiger partial charge in [-0.3, -0.25) is 25.3 Å². The van der Waals surface area contributed by atoms with Crippen LogP contribution < -0.4 is 16.2 Å². The Kier molecular flexibility index (Phi) is 12.9. The number of carbonyl (C=O) groups excluding carboxylic acids is 3. The summed E-state index contributed by atoms with van der Waals surface area (Å²) in [5, 5.41) is 50.1. The molecule has 0 aromatic heterocycles. The van der Waals surface area contributed by atoms with Crippen molar-refractivity contribution in [1.82, 2.24) is 15.8 Å². The summed E-state index contributed by atoms with van der Waals surface area (Å²) < 4.78 is 21.5. The third kappa shape index (κ3) is 9.11. The number of ether oxygens (including phenoxy) is 1. The summed E-state index contributed by atoms with van der Waals surface area (Å²) in [6, 6.07) is 4.31. The monoisotopic (exact) mass is 606 g/mol. The summed E-state index contributed by atoms with van der Waals surface area (Å²) in [6.45, 7) is 11.2. The number of allylic oxidation sites excluding steroid dienone is 2. The lowest BCUT2D eigenvalue weighted by molar-refractivity contribution is -0.347. The van der Waals surface area contributed by atoms with Crippen LogP contribution in [0, 0.1) is 0 Å². The highest BCUT2D eigenvalue weighted by atomic mass is 19.1. The minimum absolute atomic E-state index is 0.00922. The Morgan fingerprint density at radius 3 is 2.35 bits per heavy atom. The number of amides is 2. The van der Waals surface area contributed by atoms with Crippen molar-refractivity contribution in [1.29, 1.82) is 0 Å². The van der Waals surface area contributed by atoms with Crippen molar-refractivity contribution >= 4 is 23.8 Å². The lowest BCUT2D eigenvalue weighted by atomic mass is 10.0. The van der Waals surface area contributed by atoms with E-state index in [-0.39, 0.29) is 47.6 Å². The topological polar surface area (TPSA) is 201 Å². The molecule has 1 aromatic rings. The summed E-state index contributed by atoms with van der Waals surface area (Å²) in [6.07, 6.45) is 4.58.